The number of allylic oxidation sites excluding steroid dienone is 2. The third-order valence-corrected chi connectivity index (χ3v) is 4.31. The quantitative estimate of drug-likeness (QED) is 0.463. The van der Waals surface area contributed by atoms with Gasteiger partial charge in [0.2, 0.25) is 0 Å². The molecule has 0 atom stereocenters. The number of rotatable bonds is 5. The van der Waals surface area contributed by atoms with Crippen LogP contribution in [0, 0.1) is 0 Å². The first-order chi connectivity index (χ1) is 13.0. The molecule has 0 fully saturated rings. The molecule has 1 aliphatic rings. The van der Waals surface area contributed by atoms with Gasteiger partial charge >= 0.3 is 0 Å². The maximum atomic E-state index is 11.3. The van der Waals surface area contributed by atoms with E-state index in [1.165, 1.54) is 25.0 Å². The van der Waals surface area contributed by atoms with Crippen molar-refractivity contribution in [2.75, 3.05) is 6.61 Å². The molecule has 0 amide bonds. The number of aromatic hydroxyl groups is 2. The fraction of sp³-hybridized carbons (Fsp3) is 0.238. The van der Waals surface area contributed by atoms with E-state index in [1.807, 2.05) is 0 Å². The lowest BCUT2D eigenvalue weighted by Crippen LogP contribution is -2.11. The number of fused-ring (bicyclic) bond motifs is 3. The Balaban J connectivity index is 0.000000156. The van der Waals surface area contributed by atoms with Crippen molar-refractivity contribution in [3.8, 4) is 17.2 Å². The number of phenolic OH excluding ortho intramolecular Hbond substituents is 2. The summed E-state index contributed by atoms with van der Waals surface area (Å²) in [7, 11) is 0. The van der Waals surface area contributed by atoms with E-state index in [0.717, 1.165) is 42.0 Å². The van der Waals surface area contributed by atoms with E-state index < -0.39 is 11.6 Å². The lowest BCUT2D eigenvalue weighted by atomic mass is 9.93. The zero-order valence-electron chi connectivity index (χ0n) is 15.0. The second-order valence-electron chi connectivity index (χ2n) is 6.31. The van der Waals surface area contributed by atoms with Crippen molar-refractivity contribution in [1.82, 2.24) is 4.98 Å². The molecule has 0 unspecified atom stereocenters. The summed E-state index contributed by atoms with van der Waals surface area (Å²) in [4.78, 5) is 25.8. The van der Waals surface area contributed by atoms with Gasteiger partial charge in [0.05, 0.1) is 23.3 Å². The number of unbranched alkanes of at least 4 members (excludes halogenated alkanes) is 2. The molecule has 3 N–H and O–H groups in total. The van der Waals surface area contributed by atoms with E-state index in [2.05, 4.69) is 30.1 Å². The molecule has 27 heavy (non-hydrogen) atoms. The maximum absolute atomic E-state index is 11.3. The molecular formula is C21H21NO5. The lowest BCUT2D eigenvalue weighted by molar-refractivity contribution is 0.0989. The van der Waals surface area contributed by atoms with E-state index >= 15 is 0 Å². The standard InChI is InChI=1S/C11H15NO.C10H6O4/c1-2-3-4-7-13-11-8-9-5-6-10(11)12-9;11-5-1-2-6(12)10-8(14)4-3-7(13)9(5)10/h5-6,8,12H,2-4,7H2,1H3;1-4,11-12H. The number of carbonyl (C=O) groups excluding carboxylic acids is 2. The predicted octanol–water partition coefficient (Wildman–Crippen LogP) is 4.21. The topological polar surface area (TPSA) is 99.6 Å². The number of ketones is 2. The molecule has 0 saturated carbocycles. The van der Waals surface area contributed by atoms with Gasteiger partial charge in [-0.05, 0) is 42.8 Å². The molecule has 0 saturated heterocycles. The van der Waals surface area contributed by atoms with Crippen molar-refractivity contribution in [3.05, 3.63) is 53.6 Å². The summed E-state index contributed by atoms with van der Waals surface area (Å²) in [6.45, 7) is 3.04. The molecule has 6 heteroatoms. The zero-order chi connectivity index (χ0) is 19.4. The third kappa shape index (κ3) is 3.95. The molecule has 0 radical (unpaired) electrons. The minimum Gasteiger partial charge on any atom is -0.507 e. The van der Waals surface area contributed by atoms with Crippen LogP contribution in [0.2, 0.25) is 0 Å². The Morgan fingerprint density at radius 2 is 1.56 bits per heavy atom. The highest BCUT2D eigenvalue weighted by atomic mass is 16.5. The van der Waals surface area contributed by atoms with Crippen molar-refractivity contribution in [2.24, 2.45) is 0 Å². The summed E-state index contributed by atoms with van der Waals surface area (Å²) in [6.07, 6.45) is 5.80. The lowest BCUT2D eigenvalue weighted by Gasteiger charge is -2.11. The molecule has 2 heterocycles. The highest BCUT2D eigenvalue weighted by molar-refractivity contribution is 6.24. The predicted molar refractivity (Wildman–Crippen MR) is 102 cm³/mol. The molecule has 3 aromatic rings. The number of hydrogen-bond donors (Lipinski definition) is 3. The van der Waals surface area contributed by atoms with Gasteiger partial charge in [-0.1, -0.05) is 19.8 Å². The number of ether oxygens (including phenoxy) is 1. The molecule has 1 aliphatic carbocycles. The smallest absolute Gasteiger partial charge is 0.190 e. The Morgan fingerprint density at radius 1 is 0.926 bits per heavy atom. The van der Waals surface area contributed by atoms with Crippen LogP contribution >= 0.6 is 0 Å². The van der Waals surface area contributed by atoms with E-state index in [-0.39, 0.29) is 22.6 Å². The second-order valence-corrected chi connectivity index (χ2v) is 6.31. The van der Waals surface area contributed by atoms with E-state index in [1.54, 1.807) is 0 Å². The Kier molecular flexibility index (Phi) is 5.45. The molecule has 2 aromatic heterocycles. The molecule has 6 nitrogen and oxygen atoms in total. The molecule has 1 aromatic carbocycles. The van der Waals surface area contributed by atoms with Gasteiger partial charge in [-0.25, -0.2) is 0 Å². The highest BCUT2D eigenvalue weighted by Crippen LogP contribution is 2.32. The molecule has 2 bridgehead atoms. The average molecular weight is 367 g/mol. The number of aromatic amines is 1. The summed E-state index contributed by atoms with van der Waals surface area (Å²) in [5.41, 5.74) is 2.02. The fourth-order valence-electron chi connectivity index (χ4n) is 2.91. The van der Waals surface area contributed by atoms with Crippen LogP contribution in [0.25, 0.3) is 11.0 Å². The van der Waals surface area contributed by atoms with Gasteiger partial charge in [0.15, 0.2) is 11.6 Å². The number of benzene rings is 2. The summed E-state index contributed by atoms with van der Waals surface area (Å²) >= 11 is 0. The largest absolute Gasteiger partial charge is 0.507 e. The van der Waals surface area contributed by atoms with Gasteiger partial charge in [-0.15, -0.1) is 0 Å². The van der Waals surface area contributed by atoms with Crippen LogP contribution in [-0.4, -0.2) is 33.4 Å². The number of carbonyl (C=O) groups is 2. The summed E-state index contributed by atoms with van der Waals surface area (Å²) < 4.78 is 5.63. The highest BCUT2D eigenvalue weighted by Gasteiger charge is 2.25. The van der Waals surface area contributed by atoms with Gasteiger partial charge in [0, 0.05) is 11.6 Å². The number of phenols is 2. The molecule has 4 rings (SSSR count). The van der Waals surface area contributed by atoms with Crippen LogP contribution < -0.4 is 4.74 Å². The Morgan fingerprint density at radius 3 is 2.04 bits per heavy atom. The molecule has 0 aliphatic heterocycles. The van der Waals surface area contributed by atoms with Crippen molar-refractivity contribution in [3.63, 3.8) is 0 Å². The monoisotopic (exact) mass is 367 g/mol. The summed E-state index contributed by atoms with van der Waals surface area (Å²) in [5, 5.41) is 18.7. The number of aromatic nitrogens is 1. The van der Waals surface area contributed by atoms with Gasteiger partial charge < -0.3 is 19.9 Å². The number of nitrogens with one attached hydrogen (secondary N) is 1. The van der Waals surface area contributed by atoms with Gasteiger partial charge in [-0.2, -0.15) is 0 Å². The summed E-state index contributed by atoms with van der Waals surface area (Å²) in [6, 6.07) is 8.54. The Hall–Kier alpha value is -3.28. The maximum Gasteiger partial charge on any atom is 0.190 e. The van der Waals surface area contributed by atoms with Gasteiger partial charge in [0.25, 0.3) is 0 Å². The van der Waals surface area contributed by atoms with Crippen LogP contribution in [0.4, 0.5) is 0 Å². The first-order valence-corrected chi connectivity index (χ1v) is 8.86. The van der Waals surface area contributed by atoms with Crippen LogP contribution in [-0.2, 0) is 0 Å². The van der Waals surface area contributed by atoms with Crippen molar-refractivity contribution in [1.29, 1.82) is 0 Å². The minimum atomic E-state index is -0.479. The van der Waals surface area contributed by atoms with Crippen molar-refractivity contribution < 1.29 is 24.5 Å². The first-order valence-electron chi connectivity index (χ1n) is 8.86. The average Bonchev–Trinajstić information content (AvgIpc) is 3.28. The third-order valence-electron chi connectivity index (χ3n) is 4.31. The summed E-state index contributed by atoms with van der Waals surface area (Å²) in [5.74, 6) is -0.532. The van der Waals surface area contributed by atoms with Gasteiger partial charge in [0.1, 0.15) is 17.2 Å². The van der Waals surface area contributed by atoms with E-state index in [9.17, 15) is 19.8 Å². The van der Waals surface area contributed by atoms with Crippen molar-refractivity contribution in [2.45, 2.75) is 26.2 Å². The van der Waals surface area contributed by atoms with E-state index in [4.69, 9.17) is 4.74 Å². The van der Waals surface area contributed by atoms with Crippen LogP contribution in [0.3, 0.4) is 0 Å². The Labute approximate surface area is 156 Å². The minimum absolute atomic E-state index is 0.127. The number of hydrogen-bond acceptors (Lipinski definition) is 5. The van der Waals surface area contributed by atoms with Crippen LogP contribution in [0.15, 0.2) is 42.5 Å². The SMILES string of the molecule is CCCCCOc1cc2ccc1[nH]2.O=C1C=CC(=O)c2c(O)ccc(O)c21. The second kappa shape index (κ2) is 7.95. The zero-order valence-corrected chi connectivity index (χ0v) is 15.0. The Bertz CT molecular complexity index is 943. The van der Waals surface area contributed by atoms with Crippen LogP contribution in [0.1, 0.15) is 46.9 Å². The van der Waals surface area contributed by atoms with E-state index in [0.29, 0.717) is 0 Å². The van der Waals surface area contributed by atoms with Gasteiger partial charge in [-0.3, -0.25) is 9.59 Å². The fourth-order valence-corrected chi connectivity index (χ4v) is 2.91. The first kappa shape index (κ1) is 18.5. The molecule has 0 spiro atoms. The van der Waals surface area contributed by atoms with Crippen molar-refractivity contribution >= 4 is 22.6 Å². The molecule has 140 valence electrons. The molecular weight excluding hydrogens is 346 g/mol. The number of H-pyrrole nitrogens is 1. The normalized spacial score (nSPS) is 12.8. The van der Waals surface area contributed by atoms with Crippen LogP contribution in [0.5, 0.6) is 17.2 Å².